The average Bonchev–Trinajstić information content (AvgIpc) is 3.19. The van der Waals surface area contributed by atoms with Crippen LogP contribution in [0.1, 0.15) is 46.8 Å². The number of ketones is 1. The van der Waals surface area contributed by atoms with Gasteiger partial charge >= 0.3 is 0 Å². The number of thioether (sulfide) groups is 1. The first kappa shape index (κ1) is 24.3. The summed E-state index contributed by atoms with van der Waals surface area (Å²) in [5, 5.41) is 26.3. The van der Waals surface area contributed by atoms with Crippen LogP contribution in [0, 0.1) is 26.1 Å². The summed E-state index contributed by atoms with van der Waals surface area (Å²) in [4.78, 5) is 35.3. The highest BCUT2D eigenvalue weighted by Crippen LogP contribution is 2.58. The molecule has 0 bridgehead atoms. The summed E-state index contributed by atoms with van der Waals surface area (Å²) in [6.07, 6.45) is 0.586. The van der Waals surface area contributed by atoms with Crippen molar-refractivity contribution in [1.29, 1.82) is 0 Å². The summed E-state index contributed by atoms with van der Waals surface area (Å²) >= 11 is 8.48. The molecule has 1 fully saturated rings. The van der Waals surface area contributed by atoms with Crippen LogP contribution in [0.3, 0.4) is 0 Å². The van der Waals surface area contributed by atoms with Crippen LogP contribution in [0.4, 0.5) is 17.1 Å². The van der Waals surface area contributed by atoms with Gasteiger partial charge in [-0.3, -0.25) is 25.0 Å². The third kappa shape index (κ3) is 4.22. The zero-order valence-electron chi connectivity index (χ0n) is 19.2. The van der Waals surface area contributed by atoms with Gasteiger partial charge in [-0.1, -0.05) is 30.3 Å². The number of benzene rings is 3. The molecular formula is C26H22ClN3O5S. The van der Waals surface area contributed by atoms with Gasteiger partial charge in [-0.15, -0.1) is 23.4 Å². The fourth-order valence-electron chi connectivity index (χ4n) is 5.43. The Kier molecular flexibility index (Phi) is 6.44. The van der Waals surface area contributed by atoms with E-state index in [2.05, 4.69) is 5.32 Å². The molecule has 5 atom stereocenters. The van der Waals surface area contributed by atoms with Crippen molar-refractivity contribution < 1.29 is 14.6 Å². The largest absolute Gasteiger partial charge is 0.377 e. The number of nitrogens with one attached hydrogen (secondary N) is 1. The van der Waals surface area contributed by atoms with Gasteiger partial charge in [0.1, 0.15) is 0 Å². The Labute approximate surface area is 216 Å². The predicted molar refractivity (Wildman–Crippen MR) is 139 cm³/mol. The van der Waals surface area contributed by atoms with Gasteiger partial charge in [0.05, 0.1) is 31.7 Å². The maximum atomic E-state index is 12.1. The fraction of sp³-hybridized carbons (Fsp3) is 0.269. The molecule has 0 unspecified atom stereocenters. The summed E-state index contributed by atoms with van der Waals surface area (Å²) in [6.45, 7) is 1.51. The van der Waals surface area contributed by atoms with Crippen molar-refractivity contribution in [2.75, 3.05) is 5.32 Å². The van der Waals surface area contributed by atoms with E-state index in [1.807, 2.05) is 12.1 Å². The van der Waals surface area contributed by atoms with Gasteiger partial charge in [-0.25, -0.2) is 0 Å². The average molecular weight is 524 g/mol. The molecule has 0 aromatic heterocycles. The van der Waals surface area contributed by atoms with Gasteiger partial charge < -0.3 is 5.32 Å². The summed E-state index contributed by atoms with van der Waals surface area (Å²) in [5.41, 5.74) is 2.86. The molecule has 1 saturated carbocycles. The lowest BCUT2D eigenvalue weighted by molar-refractivity contribution is -0.387. The number of nitro groups is 2. The fourth-order valence-corrected chi connectivity index (χ4v) is 7.37. The van der Waals surface area contributed by atoms with E-state index in [1.165, 1.54) is 30.8 Å². The number of hydrogen-bond donors (Lipinski definition) is 1. The molecule has 0 spiro atoms. The molecule has 1 N–H and O–H groups in total. The number of carbonyl (C=O) groups is 1. The molecule has 0 amide bonds. The van der Waals surface area contributed by atoms with E-state index in [4.69, 9.17) is 11.6 Å². The van der Waals surface area contributed by atoms with Crippen LogP contribution in [0.5, 0.6) is 0 Å². The molecule has 3 aromatic carbocycles. The van der Waals surface area contributed by atoms with Crippen LogP contribution in [-0.2, 0) is 0 Å². The summed E-state index contributed by atoms with van der Waals surface area (Å²) in [5.74, 6) is -0.388. The quantitative estimate of drug-likeness (QED) is 0.164. The number of anilines is 1. The lowest BCUT2D eigenvalue weighted by Crippen LogP contribution is -2.31. The third-order valence-electron chi connectivity index (χ3n) is 7.03. The Bertz CT molecular complexity index is 1380. The zero-order chi connectivity index (χ0) is 25.6. The highest BCUT2D eigenvalue weighted by molar-refractivity contribution is 8.00. The molecule has 3 aromatic rings. The van der Waals surface area contributed by atoms with E-state index in [1.54, 1.807) is 42.5 Å². The van der Waals surface area contributed by atoms with Gasteiger partial charge in [0.15, 0.2) is 5.78 Å². The van der Waals surface area contributed by atoms with Gasteiger partial charge in [0.2, 0.25) is 0 Å². The molecule has 1 aliphatic heterocycles. The van der Waals surface area contributed by atoms with Crippen molar-refractivity contribution in [3.05, 3.63) is 104 Å². The molecule has 1 heterocycles. The first-order valence-electron chi connectivity index (χ1n) is 11.4. The van der Waals surface area contributed by atoms with Crippen molar-refractivity contribution in [2.24, 2.45) is 5.92 Å². The van der Waals surface area contributed by atoms with Crippen molar-refractivity contribution in [1.82, 2.24) is 0 Å². The van der Waals surface area contributed by atoms with E-state index in [-0.39, 0.29) is 45.2 Å². The molecule has 10 heteroatoms. The summed E-state index contributed by atoms with van der Waals surface area (Å²) in [6, 6.07) is 18.3. The maximum Gasteiger partial charge on any atom is 0.282 e. The minimum Gasteiger partial charge on any atom is -0.377 e. The molecule has 8 nitrogen and oxygen atoms in total. The number of hydrogen-bond acceptors (Lipinski definition) is 7. The number of alkyl halides is 1. The number of rotatable bonds is 6. The minimum absolute atomic E-state index is 0.0221. The second-order valence-corrected chi connectivity index (χ2v) is 10.8. The monoisotopic (exact) mass is 523 g/mol. The predicted octanol–water partition coefficient (Wildman–Crippen LogP) is 6.74. The van der Waals surface area contributed by atoms with E-state index in [0.29, 0.717) is 22.4 Å². The number of halogens is 1. The number of nitro benzene ring substituents is 2. The highest BCUT2D eigenvalue weighted by Gasteiger charge is 2.51. The van der Waals surface area contributed by atoms with Crippen LogP contribution >= 0.6 is 23.4 Å². The minimum atomic E-state index is -0.409. The summed E-state index contributed by atoms with van der Waals surface area (Å²) < 4.78 is 0. The normalized spacial score (nSPS) is 24.3. The van der Waals surface area contributed by atoms with Crippen LogP contribution in [0.2, 0.25) is 0 Å². The maximum absolute atomic E-state index is 12.1. The number of Topliss-reactive ketones (excluding diaryl/α,β-unsaturated/α-hetero) is 1. The van der Waals surface area contributed by atoms with Crippen molar-refractivity contribution in [3.8, 4) is 0 Å². The molecule has 5 rings (SSSR count). The molecule has 36 heavy (non-hydrogen) atoms. The highest BCUT2D eigenvalue weighted by atomic mass is 35.5. The van der Waals surface area contributed by atoms with Gasteiger partial charge in [-0.05, 0) is 49.1 Å². The SMILES string of the molecule is CC(=O)c1ccc2c(c1)[C@@H]1[C@H](Cl)[C@H](Sc3ccccc3[N+](=O)[O-])C[C@H]1[C@@H](c1ccccc1[N+](=O)[O-])N2. The smallest absolute Gasteiger partial charge is 0.282 e. The standard InChI is InChI=1S/C26H22ClN3O5S/c1-14(31)15-10-11-19-17(12-15)24-18(26(28-19)16-6-2-3-7-20(16)29(32)33)13-23(25(24)27)36-22-9-5-4-8-21(22)30(34)35/h2-12,18,23-26,28H,13H2,1H3/t18-,23-,24+,25-,26-/m1/s1. The van der Waals surface area contributed by atoms with Crippen molar-refractivity contribution >= 4 is 46.2 Å². The molecular weight excluding hydrogens is 502 g/mol. The van der Waals surface area contributed by atoms with Crippen LogP contribution in [0.15, 0.2) is 71.6 Å². The van der Waals surface area contributed by atoms with Gasteiger partial charge in [0.25, 0.3) is 11.4 Å². The van der Waals surface area contributed by atoms with Crippen LogP contribution in [0.25, 0.3) is 0 Å². The second-order valence-electron chi connectivity index (χ2n) is 9.05. The topological polar surface area (TPSA) is 115 Å². The van der Waals surface area contributed by atoms with E-state index in [9.17, 15) is 25.0 Å². The Morgan fingerprint density at radius 3 is 2.33 bits per heavy atom. The number of fused-ring (bicyclic) bond motifs is 3. The molecule has 1 aliphatic carbocycles. The van der Waals surface area contributed by atoms with E-state index in [0.717, 1.165) is 11.3 Å². The lowest BCUT2D eigenvalue weighted by Gasteiger charge is -2.38. The summed E-state index contributed by atoms with van der Waals surface area (Å²) in [7, 11) is 0. The second kappa shape index (κ2) is 9.55. The first-order chi connectivity index (χ1) is 17.3. The van der Waals surface area contributed by atoms with Gasteiger partial charge in [-0.2, -0.15) is 0 Å². The zero-order valence-corrected chi connectivity index (χ0v) is 20.7. The molecule has 0 radical (unpaired) electrons. The van der Waals surface area contributed by atoms with Crippen molar-refractivity contribution in [2.45, 2.75) is 40.8 Å². The van der Waals surface area contributed by atoms with Crippen molar-refractivity contribution in [3.63, 3.8) is 0 Å². The molecule has 2 aliphatic rings. The third-order valence-corrected chi connectivity index (χ3v) is 9.14. The number of nitrogens with zero attached hydrogens (tertiary/aromatic N) is 2. The van der Waals surface area contributed by atoms with Crippen LogP contribution in [-0.4, -0.2) is 26.3 Å². The van der Waals surface area contributed by atoms with E-state index >= 15 is 0 Å². The Morgan fingerprint density at radius 1 is 0.972 bits per heavy atom. The first-order valence-corrected chi connectivity index (χ1v) is 12.8. The van der Waals surface area contributed by atoms with E-state index < -0.39 is 10.3 Å². The van der Waals surface area contributed by atoms with Crippen LogP contribution < -0.4 is 5.32 Å². The molecule has 0 saturated heterocycles. The number of carbonyl (C=O) groups excluding carboxylic acids is 1. The Morgan fingerprint density at radius 2 is 1.64 bits per heavy atom. The Hall–Kier alpha value is -3.43. The lowest BCUT2D eigenvalue weighted by atomic mass is 9.76. The molecule has 184 valence electrons. The number of para-hydroxylation sites is 2. The Balaban J connectivity index is 1.60. The van der Waals surface area contributed by atoms with Gasteiger partial charge in [0, 0.05) is 34.6 Å².